The van der Waals surface area contributed by atoms with Crippen LogP contribution in [0.3, 0.4) is 0 Å². The molecule has 0 atom stereocenters. The van der Waals surface area contributed by atoms with Crippen LogP contribution in [0, 0.1) is 5.82 Å². The molecular weight excluding hydrogens is 319 g/mol. The van der Waals surface area contributed by atoms with Gasteiger partial charge in [-0.05, 0) is 60.7 Å². The molecule has 5 heteroatoms. The number of phenolic OH excluding ortho intramolecular Hbond substituents is 1. The molecule has 3 aromatic carbocycles. The molecule has 0 saturated heterocycles. The summed E-state index contributed by atoms with van der Waals surface area (Å²) in [6.45, 7) is 0. The van der Waals surface area contributed by atoms with E-state index in [2.05, 4.69) is 10.5 Å². The van der Waals surface area contributed by atoms with Gasteiger partial charge in [-0.2, -0.15) is 5.10 Å². The first-order valence-corrected chi connectivity index (χ1v) is 7.62. The van der Waals surface area contributed by atoms with Gasteiger partial charge < -0.3 is 5.11 Å². The molecule has 0 bridgehead atoms. The van der Waals surface area contributed by atoms with Gasteiger partial charge in [0.25, 0.3) is 5.91 Å². The molecule has 0 aromatic heterocycles. The number of hydrazone groups is 1. The normalized spacial score (nSPS) is 11.2. The quantitative estimate of drug-likeness (QED) is 0.564. The number of aromatic hydroxyl groups is 1. The van der Waals surface area contributed by atoms with Gasteiger partial charge in [-0.15, -0.1) is 0 Å². The van der Waals surface area contributed by atoms with Crippen molar-refractivity contribution in [3.63, 3.8) is 0 Å². The second-order valence-corrected chi connectivity index (χ2v) is 5.32. The van der Waals surface area contributed by atoms with Crippen molar-refractivity contribution in [3.8, 4) is 5.75 Å². The number of benzene rings is 3. The predicted molar refractivity (Wildman–Crippen MR) is 94.1 cm³/mol. The van der Waals surface area contributed by atoms with Crippen molar-refractivity contribution in [1.82, 2.24) is 5.43 Å². The molecule has 3 aromatic rings. The van der Waals surface area contributed by atoms with E-state index in [0.29, 0.717) is 22.4 Å². The minimum Gasteiger partial charge on any atom is -0.508 e. The first-order chi connectivity index (χ1) is 12.1. The van der Waals surface area contributed by atoms with E-state index in [-0.39, 0.29) is 17.5 Å². The topological polar surface area (TPSA) is 61.7 Å². The molecule has 124 valence electrons. The molecule has 0 heterocycles. The monoisotopic (exact) mass is 334 g/mol. The highest BCUT2D eigenvalue weighted by Gasteiger charge is 2.10. The van der Waals surface area contributed by atoms with Crippen LogP contribution < -0.4 is 5.43 Å². The Balaban J connectivity index is 1.94. The standard InChI is InChI=1S/C20H15FN2O2/c21-17-10-6-14(7-11-17)19(15-8-12-18(24)13-9-15)22-23-20(25)16-4-2-1-3-5-16/h1-13,24H,(H,23,25)/b22-19-. The summed E-state index contributed by atoms with van der Waals surface area (Å²) in [6.07, 6.45) is 0. The van der Waals surface area contributed by atoms with E-state index < -0.39 is 0 Å². The molecule has 0 aliphatic rings. The predicted octanol–water partition coefficient (Wildman–Crippen LogP) is 3.71. The molecule has 3 rings (SSSR count). The highest BCUT2D eigenvalue weighted by molar-refractivity contribution is 6.13. The molecule has 0 saturated carbocycles. The number of rotatable bonds is 4. The van der Waals surface area contributed by atoms with E-state index in [0.717, 1.165) is 0 Å². The zero-order chi connectivity index (χ0) is 17.6. The number of hydrogen-bond acceptors (Lipinski definition) is 3. The van der Waals surface area contributed by atoms with Crippen LogP contribution in [0.1, 0.15) is 21.5 Å². The molecule has 25 heavy (non-hydrogen) atoms. The summed E-state index contributed by atoms with van der Waals surface area (Å²) >= 11 is 0. The first kappa shape index (κ1) is 16.4. The number of phenols is 1. The van der Waals surface area contributed by atoms with Gasteiger partial charge in [-0.3, -0.25) is 4.79 Å². The Morgan fingerprint density at radius 2 is 1.36 bits per heavy atom. The fourth-order valence-electron chi connectivity index (χ4n) is 2.28. The Bertz CT molecular complexity index is 842. The lowest BCUT2D eigenvalue weighted by molar-refractivity contribution is 0.0955. The maximum Gasteiger partial charge on any atom is 0.271 e. The van der Waals surface area contributed by atoms with Gasteiger partial charge in [0.05, 0.1) is 5.71 Å². The Morgan fingerprint density at radius 1 is 0.800 bits per heavy atom. The second-order valence-electron chi connectivity index (χ2n) is 5.32. The lowest BCUT2D eigenvalue weighted by atomic mass is 10.0. The molecule has 2 N–H and O–H groups in total. The minimum atomic E-state index is -0.359. The van der Waals surface area contributed by atoms with Crippen LogP contribution >= 0.6 is 0 Å². The first-order valence-electron chi connectivity index (χ1n) is 7.62. The zero-order valence-corrected chi connectivity index (χ0v) is 13.2. The Labute approximate surface area is 144 Å². The van der Waals surface area contributed by atoms with Crippen LogP contribution in [0.15, 0.2) is 84.0 Å². The number of halogens is 1. The third kappa shape index (κ3) is 4.09. The van der Waals surface area contributed by atoms with E-state index in [1.165, 1.54) is 24.3 Å². The largest absolute Gasteiger partial charge is 0.508 e. The molecule has 0 fully saturated rings. The fourth-order valence-corrected chi connectivity index (χ4v) is 2.28. The lowest BCUT2D eigenvalue weighted by Crippen LogP contribution is -2.20. The molecule has 0 radical (unpaired) electrons. The maximum atomic E-state index is 13.2. The van der Waals surface area contributed by atoms with Crippen LogP contribution in [-0.2, 0) is 0 Å². The average molecular weight is 334 g/mol. The van der Waals surface area contributed by atoms with Crippen LogP contribution in [0.2, 0.25) is 0 Å². The van der Waals surface area contributed by atoms with Gasteiger partial charge in [-0.1, -0.05) is 18.2 Å². The number of hydrogen-bond donors (Lipinski definition) is 2. The minimum absolute atomic E-state index is 0.121. The van der Waals surface area contributed by atoms with Crippen molar-refractivity contribution in [2.24, 2.45) is 5.10 Å². The third-order valence-electron chi connectivity index (χ3n) is 3.56. The number of carbonyl (C=O) groups excluding carboxylic acids is 1. The Morgan fingerprint density at radius 3 is 1.96 bits per heavy atom. The molecule has 0 aliphatic carbocycles. The fraction of sp³-hybridized carbons (Fsp3) is 0. The van der Waals surface area contributed by atoms with Crippen molar-refractivity contribution < 1.29 is 14.3 Å². The van der Waals surface area contributed by atoms with Gasteiger partial charge in [0.15, 0.2) is 0 Å². The summed E-state index contributed by atoms with van der Waals surface area (Å²) in [5.74, 6) is -0.586. The van der Waals surface area contributed by atoms with E-state index in [9.17, 15) is 14.3 Å². The van der Waals surface area contributed by atoms with Gasteiger partial charge in [0.2, 0.25) is 0 Å². The highest BCUT2D eigenvalue weighted by atomic mass is 19.1. The van der Waals surface area contributed by atoms with E-state index in [1.54, 1.807) is 48.5 Å². The SMILES string of the molecule is O=C(N/N=C(\c1ccc(O)cc1)c1ccc(F)cc1)c1ccccc1. The molecule has 1 amide bonds. The second kappa shape index (κ2) is 7.40. The number of nitrogens with one attached hydrogen (secondary N) is 1. The summed E-state index contributed by atoms with van der Waals surface area (Å²) in [5, 5.41) is 13.7. The van der Waals surface area contributed by atoms with Crippen molar-refractivity contribution in [2.45, 2.75) is 0 Å². The lowest BCUT2D eigenvalue weighted by Gasteiger charge is -2.08. The van der Waals surface area contributed by atoms with Crippen molar-refractivity contribution in [1.29, 1.82) is 0 Å². The summed E-state index contributed by atoms with van der Waals surface area (Å²) < 4.78 is 13.2. The van der Waals surface area contributed by atoms with Crippen LogP contribution in [0.5, 0.6) is 5.75 Å². The third-order valence-corrected chi connectivity index (χ3v) is 3.56. The van der Waals surface area contributed by atoms with E-state index >= 15 is 0 Å². The van der Waals surface area contributed by atoms with Crippen LogP contribution in [0.4, 0.5) is 4.39 Å². The molecule has 0 spiro atoms. The molecule has 0 unspecified atom stereocenters. The number of nitrogens with zero attached hydrogens (tertiary/aromatic N) is 1. The Hall–Kier alpha value is -3.47. The average Bonchev–Trinajstić information content (AvgIpc) is 2.65. The zero-order valence-electron chi connectivity index (χ0n) is 13.2. The molecule has 0 aliphatic heterocycles. The van der Waals surface area contributed by atoms with Gasteiger partial charge in [-0.25, -0.2) is 9.82 Å². The summed E-state index contributed by atoms with van der Waals surface area (Å²) in [7, 11) is 0. The van der Waals surface area contributed by atoms with E-state index in [4.69, 9.17) is 0 Å². The maximum absolute atomic E-state index is 13.2. The smallest absolute Gasteiger partial charge is 0.271 e. The summed E-state index contributed by atoms with van der Waals surface area (Å²) in [4.78, 5) is 12.2. The van der Waals surface area contributed by atoms with Crippen molar-refractivity contribution in [2.75, 3.05) is 0 Å². The number of carbonyl (C=O) groups is 1. The Kier molecular flexibility index (Phi) is 4.85. The highest BCUT2D eigenvalue weighted by Crippen LogP contribution is 2.15. The van der Waals surface area contributed by atoms with Crippen molar-refractivity contribution >= 4 is 11.6 Å². The van der Waals surface area contributed by atoms with Gasteiger partial charge in [0.1, 0.15) is 11.6 Å². The summed E-state index contributed by atoms with van der Waals surface area (Å²) in [5.41, 5.74) is 4.78. The van der Waals surface area contributed by atoms with E-state index in [1.807, 2.05) is 6.07 Å². The van der Waals surface area contributed by atoms with Crippen molar-refractivity contribution in [3.05, 3.63) is 101 Å². The molecule has 4 nitrogen and oxygen atoms in total. The van der Waals surface area contributed by atoms with Gasteiger partial charge in [0, 0.05) is 16.7 Å². The van der Waals surface area contributed by atoms with Crippen LogP contribution in [0.25, 0.3) is 0 Å². The molecular formula is C20H15FN2O2. The summed E-state index contributed by atoms with van der Waals surface area (Å²) in [6, 6.07) is 20.9. The number of amides is 1. The van der Waals surface area contributed by atoms with Crippen LogP contribution in [-0.4, -0.2) is 16.7 Å². The van der Waals surface area contributed by atoms with Gasteiger partial charge >= 0.3 is 0 Å².